The van der Waals surface area contributed by atoms with Gasteiger partial charge in [0.1, 0.15) is 5.58 Å². The second-order valence-corrected chi connectivity index (χ2v) is 5.67. The SMILES string of the molecule is CC(CS(=O)(=O)O)c1cc2ccccc2oc1=O. The molecule has 0 saturated carbocycles. The number of fused-ring (bicyclic) bond motifs is 1. The molecular weight excluding hydrogens is 256 g/mol. The summed E-state index contributed by atoms with van der Waals surface area (Å²) in [7, 11) is -4.12. The Kier molecular flexibility index (Phi) is 3.23. The Morgan fingerprint density at radius 1 is 1.33 bits per heavy atom. The van der Waals surface area contributed by atoms with E-state index in [0.29, 0.717) is 11.0 Å². The first-order valence-corrected chi connectivity index (χ1v) is 6.96. The molecular formula is C12H12O5S. The van der Waals surface area contributed by atoms with Crippen molar-refractivity contribution in [1.29, 1.82) is 0 Å². The van der Waals surface area contributed by atoms with Crippen LogP contribution in [0.15, 0.2) is 39.5 Å². The third-order valence-corrected chi connectivity index (χ3v) is 3.58. The van der Waals surface area contributed by atoms with Crippen molar-refractivity contribution < 1.29 is 17.4 Å². The molecule has 1 aromatic heterocycles. The van der Waals surface area contributed by atoms with E-state index in [1.807, 2.05) is 0 Å². The summed E-state index contributed by atoms with van der Waals surface area (Å²) in [6.45, 7) is 1.55. The molecule has 6 heteroatoms. The van der Waals surface area contributed by atoms with Gasteiger partial charge in [-0.25, -0.2) is 4.79 Å². The van der Waals surface area contributed by atoms with Gasteiger partial charge in [0.25, 0.3) is 10.1 Å². The molecule has 0 aliphatic heterocycles. The lowest BCUT2D eigenvalue weighted by Crippen LogP contribution is -2.17. The summed E-state index contributed by atoms with van der Waals surface area (Å²) >= 11 is 0. The minimum atomic E-state index is -4.12. The van der Waals surface area contributed by atoms with E-state index in [0.717, 1.165) is 0 Å². The van der Waals surface area contributed by atoms with E-state index in [1.54, 1.807) is 37.3 Å². The number of para-hydroxylation sites is 1. The van der Waals surface area contributed by atoms with Crippen LogP contribution in [0.3, 0.4) is 0 Å². The molecule has 1 aromatic carbocycles. The lowest BCUT2D eigenvalue weighted by Gasteiger charge is -2.08. The maximum atomic E-state index is 11.7. The Hall–Kier alpha value is -1.66. The zero-order valence-electron chi connectivity index (χ0n) is 9.66. The molecule has 18 heavy (non-hydrogen) atoms. The van der Waals surface area contributed by atoms with Crippen molar-refractivity contribution in [2.24, 2.45) is 0 Å². The molecule has 96 valence electrons. The lowest BCUT2D eigenvalue weighted by molar-refractivity contribution is 0.477. The highest BCUT2D eigenvalue weighted by Gasteiger charge is 2.18. The van der Waals surface area contributed by atoms with Crippen LogP contribution in [0.25, 0.3) is 11.0 Å². The fraction of sp³-hybridized carbons (Fsp3) is 0.250. The summed E-state index contributed by atoms with van der Waals surface area (Å²) < 4.78 is 35.5. The topological polar surface area (TPSA) is 84.6 Å². The summed E-state index contributed by atoms with van der Waals surface area (Å²) in [6, 6.07) is 8.55. The van der Waals surface area contributed by atoms with Crippen molar-refractivity contribution in [2.45, 2.75) is 12.8 Å². The lowest BCUT2D eigenvalue weighted by atomic mass is 10.0. The Morgan fingerprint density at radius 3 is 2.67 bits per heavy atom. The molecule has 0 radical (unpaired) electrons. The highest BCUT2D eigenvalue weighted by molar-refractivity contribution is 7.85. The second-order valence-electron chi connectivity index (χ2n) is 4.18. The minimum Gasteiger partial charge on any atom is -0.423 e. The third kappa shape index (κ3) is 2.77. The predicted octanol–water partition coefficient (Wildman–Crippen LogP) is 1.78. The maximum Gasteiger partial charge on any atom is 0.339 e. The van der Waals surface area contributed by atoms with Crippen LogP contribution >= 0.6 is 0 Å². The smallest absolute Gasteiger partial charge is 0.339 e. The molecule has 1 heterocycles. The standard InChI is InChI=1S/C12H12O5S/c1-8(7-18(14,15)16)10-6-9-4-2-3-5-11(9)17-12(10)13/h2-6,8H,7H2,1H3,(H,14,15,16). The van der Waals surface area contributed by atoms with E-state index in [2.05, 4.69) is 0 Å². The van der Waals surface area contributed by atoms with Crippen LogP contribution in [-0.2, 0) is 10.1 Å². The van der Waals surface area contributed by atoms with Gasteiger partial charge in [-0.1, -0.05) is 25.1 Å². The van der Waals surface area contributed by atoms with Gasteiger partial charge < -0.3 is 4.42 Å². The Labute approximate surface area is 104 Å². The monoisotopic (exact) mass is 268 g/mol. The molecule has 0 aliphatic rings. The van der Waals surface area contributed by atoms with Crippen LogP contribution in [-0.4, -0.2) is 18.7 Å². The van der Waals surface area contributed by atoms with Crippen LogP contribution in [0.5, 0.6) is 0 Å². The van der Waals surface area contributed by atoms with E-state index in [1.165, 1.54) is 0 Å². The summed E-state index contributed by atoms with van der Waals surface area (Å²) in [4.78, 5) is 11.7. The number of hydrogen-bond acceptors (Lipinski definition) is 4. The largest absolute Gasteiger partial charge is 0.423 e. The molecule has 0 saturated heterocycles. The van der Waals surface area contributed by atoms with Gasteiger partial charge in [-0.15, -0.1) is 0 Å². The van der Waals surface area contributed by atoms with E-state index < -0.39 is 27.4 Å². The van der Waals surface area contributed by atoms with Crippen molar-refractivity contribution in [3.8, 4) is 0 Å². The number of rotatable bonds is 3. The summed E-state index contributed by atoms with van der Waals surface area (Å²) in [6.07, 6.45) is 0. The zero-order chi connectivity index (χ0) is 13.3. The van der Waals surface area contributed by atoms with Crippen LogP contribution in [0, 0.1) is 0 Å². The van der Waals surface area contributed by atoms with Crippen molar-refractivity contribution in [2.75, 3.05) is 5.75 Å². The van der Waals surface area contributed by atoms with Gasteiger partial charge in [0, 0.05) is 16.9 Å². The van der Waals surface area contributed by atoms with Gasteiger partial charge in [0.2, 0.25) is 0 Å². The summed E-state index contributed by atoms with van der Waals surface area (Å²) in [5, 5.41) is 0.717. The first-order chi connectivity index (χ1) is 8.37. The van der Waals surface area contributed by atoms with Gasteiger partial charge in [0.05, 0.1) is 5.75 Å². The average molecular weight is 268 g/mol. The fourth-order valence-corrected chi connectivity index (χ4v) is 2.64. The van der Waals surface area contributed by atoms with Crippen LogP contribution in [0.2, 0.25) is 0 Å². The van der Waals surface area contributed by atoms with Crippen molar-refractivity contribution in [3.05, 3.63) is 46.3 Å². The number of hydrogen-bond donors (Lipinski definition) is 1. The molecule has 0 bridgehead atoms. The van der Waals surface area contributed by atoms with Crippen molar-refractivity contribution >= 4 is 21.1 Å². The minimum absolute atomic E-state index is 0.242. The van der Waals surface area contributed by atoms with Crippen LogP contribution < -0.4 is 5.63 Å². The van der Waals surface area contributed by atoms with Gasteiger partial charge in [-0.3, -0.25) is 4.55 Å². The first kappa shape index (κ1) is 12.8. The normalized spacial score (nSPS) is 13.7. The van der Waals surface area contributed by atoms with E-state index in [-0.39, 0.29) is 5.56 Å². The average Bonchev–Trinajstić information content (AvgIpc) is 2.25. The van der Waals surface area contributed by atoms with Crippen molar-refractivity contribution in [1.82, 2.24) is 0 Å². The van der Waals surface area contributed by atoms with Gasteiger partial charge in [-0.2, -0.15) is 8.42 Å². The second kappa shape index (κ2) is 4.55. The molecule has 0 spiro atoms. The Morgan fingerprint density at radius 2 is 2.00 bits per heavy atom. The predicted molar refractivity (Wildman–Crippen MR) is 67.3 cm³/mol. The zero-order valence-corrected chi connectivity index (χ0v) is 10.5. The van der Waals surface area contributed by atoms with Crippen LogP contribution in [0.4, 0.5) is 0 Å². The molecule has 2 rings (SSSR count). The quantitative estimate of drug-likeness (QED) is 0.677. The first-order valence-electron chi connectivity index (χ1n) is 5.35. The van der Waals surface area contributed by atoms with E-state index >= 15 is 0 Å². The molecule has 0 amide bonds. The molecule has 0 aliphatic carbocycles. The highest BCUT2D eigenvalue weighted by Crippen LogP contribution is 2.19. The van der Waals surface area contributed by atoms with E-state index in [9.17, 15) is 13.2 Å². The van der Waals surface area contributed by atoms with Gasteiger partial charge in [-0.05, 0) is 12.1 Å². The molecule has 0 fully saturated rings. The highest BCUT2D eigenvalue weighted by atomic mass is 32.2. The van der Waals surface area contributed by atoms with E-state index in [4.69, 9.17) is 8.97 Å². The Bertz CT molecular complexity index is 729. The molecule has 1 unspecified atom stereocenters. The van der Waals surface area contributed by atoms with Gasteiger partial charge >= 0.3 is 5.63 Å². The Balaban J connectivity index is 2.51. The molecule has 1 atom stereocenters. The van der Waals surface area contributed by atoms with Crippen molar-refractivity contribution in [3.63, 3.8) is 0 Å². The number of benzene rings is 1. The molecule has 1 N–H and O–H groups in total. The summed E-state index contributed by atoms with van der Waals surface area (Å²) in [5.41, 5.74) is 0.112. The maximum absolute atomic E-state index is 11.7. The van der Waals surface area contributed by atoms with Gasteiger partial charge in [0.15, 0.2) is 0 Å². The molecule has 2 aromatic rings. The van der Waals surface area contributed by atoms with Crippen LogP contribution in [0.1, 0.15) is 18.4 Å². The fourth-order valence-electron chi connectivity index (χ4n) is 1.83. The summed E-state index contributed by atoms with van der Waals surface area (Å²) in [5.74, 6) is -1.13. The molecule has 5 nitrogen and oxygen atoms in total. The third-order valence-electron chi connectivity index (χ3n) is 2.66.